The molecule has 0 fully saturated rings. The van der Waals surface area contributed by atoms with Gasteiger partial charge in [-0.05, 0) is 43.6 Å². The van der Waals surface area contributed by atoms with Crippen LogP contribution in [-0.4, -0.2) is 12.6 Å². The van der Waals surface area contributed by atoms with Gasteiger partial charge in [-0.15, -0.1) is 0 Å². The molecule has 0 spiro atoms. The van der Waals surface area contributed by atoms with Crippen LogP contribution < -0.4 is 0 Å². The molecular formula is C17H22O2. The fourth-order valence-electron chi connectivity index (χ4n) is 2.64. The van der Waals surface area contributed by atoms with E-state index in [-0.39, 0.29) is 5.97 Å². The van der Waals surface area contributed by atoms with Crippen LogP contribution in [0.5, 0.6) is 0 Å². The number of allylic oxidation sites excluding steroid dienone is 7. The quantitative estimate of drug-likeness (QED) is 0.713. The Morgan fingerprint density at radius 2 is 2.32 bits per heavy atom. The molecule has 2 aliphatic rings. The van der Waals surface area contributed by atoms with Crippen LogP contribution in [0.25, 0.3) is 0 Å². The highest BCUT2D eigenvalue weighted by atomic mass is 16.5. The smallest absolute Gasteiger partial charge is 0.334 e. The van der Waals surface area contributed by atoms with Gasteiger partial charge in [-0.2, -0.15) is 0 Å². The Balaban J connectivity index is 2.02. The van der Waals surface area contributed by atoms with Gasteiger partial charge in [0, 0.05) is 5.57 Å². The van der Waals surface area contributed by atoms with Gasteiger partial charge in [-0.25, -0.2) is 4.79 Å². The molecule has 0 aliphatic heterocycles. The van der Waals surface area contributed by atoms with Crippen molar-refractivity contribution in [2.45, 2.75) is 33.1 Å². The summed E-state index contributed by atoms with van der Waals surface area (Å²) in [5.41, 5.74) is 2.19. The lowest BCUT2D eigenvalue weighted by Gasteiger charge is -2.26. The van der Waals surface area contributed by atoms with Crippen molar-refractivity contribution in [2.24, 2.45) is 11.8 Å². The second-order valence-electron chi connectivity index (χ2n) is 5.14. The van der Waals surface area contributed by atoms with Gasteiger partial charge in [0.05, 0.1) is 6.61 Å². The molecule has 0 radical (unpaired) electrons. The fraction of sp³-hybridized carbons (Fsp3) is 0.471. The molecule has 0 aromatic rings. The monoisotopic (exact) mass is 258 g/mol. The molecule has 0 saturated heterocycles. The molecule has 2 aliphatic carbocycles. The molecule has 0 bridgehead atoms. The Hall–Kier alpha value is -1.57. The largest absolute Gasteiger partial charge is 0.463 e. The molecule has 0 aromatic heterocycles. The number of rotatable bonds is 4. The van der Waals surface area contributed by atoms with E-state index in [0.717, 1.165) is 24.8 Å². The Morgan fingerprint density at radius 3 is 3.00 bits per heavy atom. The molecule has 1 unspecified atom stereocenters. The van der Waals surface area contributed by atoms with Crippen LogP contribution in [-0.2, 0) is 9.53 Å². The third-order valence-electron chi connectivity index (χ3n) is 3.84. The third-order valence-corrected chi connectivity index (χ3v) is 3.84. The predicted octanol–water partition coefficient (Wildman–Crippen LogP) is 3.96. The highest BCUT2D eigenvalue weighted by molar-refractivity contribution is 5.89. The normalized spacial score (nSPS) is 23.6. The molecule has 102 valence electrons. The van der Waals surface area contributed by atoms with Gasteiger partial charge >= 0.3 is 5.97 Å². The summed E-state index contributed by atoms with van der Waals surface area (Å²) in [4.78, 5) is 11.8. The zero-order valence-electron chi connectivity index (χ0n) is 11.8. The first-order chi connectivity index (χ1) is 9.22. The molecule has 2 nitrogen and oxygen atoms in total. The van der Waals surface area contributed by atoms with Crippen molar-refractivity contribution in [1.29, 1.82) is 0 Å². The van der Waals surface area contributed by atoms with Crippen LogP contribution in [0.2, 0.25) is 0 Å². The van der Waals surface area contributed by atoms with E-state index in [4.69, 9.17) is 4.74 Å². The summed E-state index contributed by atoms with van der Waals surface area (Å²) in [7, 11) is 0. The van der Waals surface area contributed by atoms with Gasteiger partial charge in [0.15, 0.2) is 0 Å². The minimum absolute atomic E-state index is 0.169. The third kappa shape index (κ3) is 3.46. The summed E-state index contributed by atoms with van der Waals surface area (Å²) in [6, 6.07) is 0. The molecule has 0 amide bonds. The molecule has 0 heterocycles. The summed E-state index contributed by atoms with van der Waals surface area (Å²) in [5, 5.41) is 0. The van der Waals surface area contributed by atoms with Crippen LogP contribution in [0.3, 0.4) is 0 Å². The zero-order valence-corrected chi connectivity index (χ0v) is 11.8. The number of hydrogen-bond donors (Lipinski definition) is 0. The SMILES string of the molecule is CCOC(=O)C1=CC=CC([C@H](C)C2=CCCC=C2)C1. The van der Waals surface area contributed by atoms with Crippen molar-refractivity contribution in [3.05, 3.63) is 47.6 Å². The van der Waals surface area contributed by atoms with Gasteiger partial charge in [-0.3, -0.25) is 0 Å². The molecule has 19 heavy (non-hydrogen) atoms. The first-order valence-corrected chi connectivity index (χ1v) is 7.13. The minimum atomic E-state index is -0.169. The number of esters is 1. The molecule has 0 saturated carbocycles. The molecule has 2 rings (SSSR count). The first-order valence-electron chi connectivity index (χ1n) is 7.13. The van der Waals surface area contributed by atoms with E-state index in [2.05, 4.69) is 31.2 Å². The molecule has 2 atom stereocenters. The van der Waals surface area contributed by atoms with Crippen molar-refractivity contribution >= 4 is 5.97 Å². The standard InChI is InChI=1S/C17H22O2/c1-3-19-17(18)16-11-7-10-15(12-16)13(2)14-8-5-4-6-9-14/h5,7-11,13,15H,3-4,6,12H2,1-2H3/t13-,15?/m1/s1. The lowest BCUT2D eigenvalue weighted by atomic mass is 9.79. The molecular weight excluding hydrogens is 236 g/mol. The van der Waals surface area contributed by atoms with Gasteiger partial charge < -0.3 is 4.74 Å². The second kappa shape index (κ2) is 6.55. The first kappa shape index (κ1) is 13.9. The molecule has 0 aromatic carbocycles. The van der Waals surface area contributed by atoms with E-state index in [0.29, 0.717) is 18.4 Å². The molecule has 0 N–H and O–H groups in total. The van der Waals surface area contributed by atoms with Crippen molar-refractivity contribution in [3.8, 4) is 0 Å². The van der Waals surface area contributed by atoms with E-state index in [1.54, 1.807) is 0 Å². The average Bonchev–Trinajstić information content (AvgIpc) is 2.48. The second-order valence-corrected chi connectivity index (χ2v) is 5.14. The Bertz CT molecular complexity index is 452. The topological polar surface area (TPSA) is 26.3 Å². The number of carbonyl (C=O) groups excluding carboxylic acids is 1. The summed E-state index contributed by atoms with van der Waals surface area (Å²) in [6.07, 6.45) is 15.9. The van der Waals surface area contributed by atoms with Gasteiger partial charge in [0.1, 0.15) is 0 Å². The van der Waals surface area contributed by atoms with Crippen LogP contribution in [0.4, 0.5) is 0 Å². The van der Waals surface area contributed by atoms with Gasteiger partial charge in [0.2, 0.25) is 0 Å². The maximum atomic E-state index is 11.8. The van der Waals surface area contributed by atoms with E-state index in [1.165, 1.54) is 5.57 Å². The van der Waals surface area contributed by atoms with Crippen molar-refractivity contribution < 1.29 is 9.53 Å². The Labute approximate surface area is 115 Å². The summed E-state index contributed by atoms with van der Waals surface area (Å²) >= 11 is 0. The minimum Gasteiger partial charge on any atom is -0.463 e. The number of ether oxygens (including phenoxy) is 1. The van der Waals surface area contributed by atoms with Crippen LogP contribution in [0.15, 0.2) is 47.6 Å². The fourth-order valence-corrected chi connectivity index (χ4v) is 2.64. The zero-order chi connectivity index (χ0) is 13.7. The van der Waals surface area contributed by atoms with Gasteiger partial charge in [0.25, 0.3) is 0 Å². The van der Waals surface area contributed by atoms with E-state index in [1.807, 2.05) is 19.1 Å². The number of hydrogen-bond acceptors (Lipinski definition) is 2. The summed E-state index contributed by atoms with van der Waals surface area (Å²) in [5.74, 6) is 0.668. The predicted molar refractivity (Wildman–Crippen MR) is 77.6 cm³/mol. The van der Waals surface area contributed by atoms with E-state index in [9.17, 15) is 4.79 Å². The van der Waals surface area contributed by atoms with Crippen molar-refractivity contribution in [3.63, 3.8) is 0 Å². The Morgan fingerprint density at radius 1 is 1.47 bits per heavy atom. The van der Waals surface area contributed by atoms with Crippen LogP contribution in [0.1, 0.15) is 33.1 Å². The van der Waals surface area contributed by atoms with Crippen LogP contribution in [0, 0.1) is 11.8 Å². The van der Waals surface area contributed by atoms with Crippen molar-refractivity contribution in [1.82, 2.24) is 0 Å². The maximum absolute atomic E-state index is 11.8. The van der Waals surface area contributed by atoms with E-state index < -0.39 is 0 Å². The lowest BCUT2D eigenvalue weighted by molar-refractivity contribution is -0.138. The highest BCUT2D eigenvalue weighted by Gasteiger charge is 2.24. The van der Waals surface area contributed by atoms with E-state index >= 15 is 0 Å². The number of carbonyl (C=O) groups is 1. The highest BCUT2D eigenvalue weighted by Crippen LogP contribution is 2.32. The van der Waals surface area contributed by atoms with Gasteiger partial charge in [-0.1, -0.05) is 43.4 Å². The van der Waals surface area contributed by atoms with Crippen LogP contribution >= 0.6 is 0 Å². The maximum Gasteiger partial charge on any atom is 0.334 e. The lowest BCUT2D eigenvalue weighted by Crippen LogP contribution is -2.18. The van der Waals surface area contributed by atoms with Crippen molar-refractivity contribution in [2.75, 3.05) is 6.61 Å². The average molecular weight is 258 g/mol. The molecule has 2 heteroatoms. The summed E-state index contributed by atoms with van der Waals surface area (Å²) in [6.45, 7) is 4.52. The Kier molecular flexibility index (Phi) is 4.78. The summed E-state index contributed by atoms with van der Waals surface area (Å²) < 4.78 is 5.09.